The lowest BCUT2D eigenvalue weighted by Gasteiger charge is -2.23. The predicted molar refractivity (Wildman–Crippen MR) is 78.0 cm³/mol. The van der Waals surface area contributed by atoms with E-state index in [1.807, 2.05) is 6.07 Å². The lowest BCUT2D eigenvalue weighted by Crippen LogP contribution is -2.27. The average molecular weight is 253 g/mol. The monoisotopic (exact) mass is 253 g/mol. The van der Waals surface area contributed by atoms with Crippen molar-refractivity contribution in [2.24, 2.45) is 0 Å². The van der Waals surface area contributed by atoms with Crippen LogP contribution in [0.25, 0.3) is 0 Å². The van der Waals surface area contributed by atoms with E-state index < -0.39 is 0 Å². The molecule has 0 amide bonds. The van der Waals surface area contributed by atoms with E-state index >= 15 is 0 Å². The number of benzene rings is 1. The van der Waals surface area contributed by atoms with E-state index in [1.54, 1.807) is 11.8 Å². The third kappa shape index (κ3) is 3.80. The smallest absolute Gasteiger partial charge is 0.136 e. The molecule has 0 radical (unpaired) electrons. The molecule has 0 aliphatic heterocycles. The molecule has 88 valence electrons. The molecule has 1 atom stereocenters. The highest BCUT2D eigenvalue weighted by atomic mass is 32.2. The first-order chi connectivity index (χ1) is 7.69. The zero-order chi connectivity index (χ0) is 12.0. The van der Waals surface area contributed by atoms with Gasteiger partial charge in [0.05, 0.1) is 0 Å². The molecule has 1 aromatic rings. The Balaban J connectivity index is 2.58. The molecular formula is C13H19NS2. The Kier molecular flexibility index (Phi) is 5.85. The second kappa shape index (κ2) is 6.92. The van der Waals surface area contributed by atoms with Crippen molar-refractivity contribution in [3.05, 3.63) is 35.9 Å². The minimum Gasteiger partial charge on any atom is -0.358 e. The zero-order valence-corrected chi connectivity index (χ0v) is 11.8. The maximum atomic E-state index is 5.44. The molecule has 0 N–H and O–H groups in total. The van der Waals surface area contributed by atoms with Gasteiger partial charge in [-0.2, -0.15) is 0 Å². The molecule has 0 saturated heterocycles. The van der Waals surface area contributed by atoms with Crippen molar-refractivity contribution in [1.82, 2.24) is 4.90 Å². The molecule has 1 nitrogen and oxygen atoms in total. The largest absolute Gasteiger partial charge is 0.358 e. The van der Waals surface area contributed by atoms with Gasteiger partial charge in [0.25, 0.3) is 0 Å². The van der Waals surface area contributed by atoms with Gasteiger partial charge in [0, 0.05) is 18.3 Å². The summed E-state index contributed by atoms with van der Waals surface area (Å²) in [4.78, 5) is 2.22. The summed E-state index contributed by atoms with van der Waals surface area (Å²) in [7, 11) is 0. The second-order valence-corrected chi connectivity index (χ2v) is 5.58. The Morgan fingerprint density at radius 3 is 2.31 bits per heavy atom. The number of rotatable bonds is 4. The Bertz CT molecular complexity index is 320. The van der Waals surface area contributed by atoms with E-state index in [0.717, 1.165) is 17.4 Å². The minimum absolute atomic E-state index is 0.425. The molecule has 1 rings (SSSR count). The first kappa shape index (κ1) is 13.5. The fourth-order valence-corrected chi connectivity index (χ4v) is 3.19. The van der Waals surface area contributed by atoms with Crippen molar-refractivity contribution in [2.45, 2.75) is 26.0 Å². The van der Waals surface area contributed by atoms with Crippen molar-refractivity contribution in [1.29, 1.82) is 0 Å². The van der Waals surface area contributed by atoms with Crippen molar-refractivity contribution in [3.8, 4) is 0 Å². The molecule has 0 unspecified atom stereocenters. The highest BCUT2D eigenvalue weighted by molar-refractivity contribution is 8.23. The molecule has 0 spiro atoms. The summed E-state index contributed by atoms with van der Waals surface area (Å²) < 4.78 is 1.00. The van der Waals surface area contributed by atoms with Gasteiger partial charge in [-0.3, -0.25) is 0 Å². The number of thiocarbonyl (C=S) groups is 1. The summed E-state index contributed by atoms with van der Waals surface area (Å²) >= 11 is 7.21. The van der Waals surface area contributed by atoms with E-state index in [0.29, 0.717) is 5.25 Å². The van der Waals surface area contributed by atoms with Crippen LogP contribution in [0.15, 0.2) is 30.3 Å². The summed E-state index contributed by atoms with van der Waals surface area (Å²) in [6.45, 7) is 8.47. The van der Waals surface area contributed by atoms with Gasteiger partial charge in [0.2, 0.25) is 0 Å². The molecule has 0 aliphatic carbocycles. The second-order valence-electron chi connectivity index (χ2n) is 3.61. The van der Waals surface area contributed by atoms with Crippen LogP contribution in [-0.4, -0.2) is 22.3 Å². The van der Waals surface area contributed by atoms with Gasteiger partial charge in [0.15, 0.2) is 0 Å². The van der Waals surface area contributed by atoms with Crippen LogP contribution >= 0.6 is 24.0 Å². The third-order valence-corrected chi connectivity index (χ3v) is 4.20. The Hall–Kier alpha value is -0.540. The molecule has 16 heavy (non-hydrogen) atoms. The lowest BCUT2D eigenvalue weighted by molar-refractivity contribution is 0.482. The number of hydrogen-bond donors (Lipinski definition) is 0. The summed E-state index contributed by atoms with van der Waals surface area (Å²) in [6, 6.07) is 10.5. The number of hydrogen-bond acceptors (Lipinski definition) is 2. The fraction of sp³-hybridized carbons (Fsp3) is 0.462. The fourth-order valence-electron chi connectivity index (χ4n) is 1.50. The van der Waals surface area contributed by atoms with Crippen LogP contribution in [0.4, 0.5) is 0 Å². The average Bonchev–Trinajstić information content (AvgIpc) is 2.31. The highest BCUT2D eigenvalue weighted by Gasteiger charge is 2.12. The lowest BCUT2D eigenvalue weighted by atomic mass is 10.2. The Morgan fingerprint density at radius 2 is 1.81 bits per heavy atom. The van der Waals surface area contributed by atoms with Crippen LogP contribution in [0, 0.1) is 0 Å². The van der Waals surface area contributed by atoms with E-state index in [2.05, 4.69) is 49.9 Å². The van der Waals surface area contributed by atoms with Crippen LogP contribution in [0.5, 0.6) is 0 Å². The maximum absolute atomic E-state index is 5.44. The van der Waals surface area contributed by atoms with Gasteiger partial charge < -0.3 is 4.90 Å². The van der Waals surface area contributed by atoms with Crippen molar-refractivity contribution in [3.63, 3.8) is 0 Å². The van der Waals surface area contributed by atoms with Crippen molar-refractivity contribution >= 4 is 28.3 Å². The molecule has 0 fully saturated rings. The van der Waals surface area contributed by atoms with Gasteiger partial charge in [-0.1, -0.05) is 54.3 Å². The Labute approximate surface area is 108 Å². The molecule has 0 saturated carbocycles. The molecule has 1 aromatic carbocycles. The molecule has 0 aromatic heterocycles. The third-order valence-electron chi connectivity index (χ3n) is 2.57. The molecule has 3 heteroatoms. The van der Waals surface area contributed by atoms with Crippen LogP contribution in [0.2, 0.25) is 0 Å². The number of nitrogens with zero attached hydrogens (tertiary/aromatic N) is 1. The SMILES string of the molecule is CCN(CC)C(=S)S[C@H](C)c1ccccc1. The maximum Gasteiger partial charge on any atom is 0.136 e. The molecular weight excluding hydrogens is 234 g/mol. The van der Waals surface area contributed by atoms with Crippen LogP contribution in [0.1, 0.15) is 31.6 Å². The summed E-state index contributed by atoms with van der Waals surface area (Å²) in [6.07, 6.45) is 0. The van der Waals surface area contributed by atoms with Crippen LogP contribution < -0.4 is 0 Å². The predicted octanol–water partition coefficient (Wildman–Crippen LogP) is 4.11. The minimum atomic E-state index is 0.425. The first-order valence-corrected chi connectivity index (χ1v) is 6.98. The molecule has 0 heterocycles. The van der Waals surface area contributed by atoms with Crippen LogP contribution in [0.3, 0.4) is 0 Å². The number of thioether (sulfide) groups is 1. The summed E-state index contributed by atoms with van der Waals surface area (Å²) in [5, 5.41) is 0.425. The van der Waals surface area contributed by atoms with E-state index in [1.165, 1.54) is 5.56 Å². The molecule has 0 bridgehead atoms. The van der Waals surface area contributed by atoms with Crippen molar-refractivity contribution in [2.75, 3.05) is 13.1 Å². The van der Waals surface area contributed by atoms with Crippen molar-refractivity contribution < 1.29 is 0 Å². The molecule has 0 aliphatic rings. The highest BCUT2D eigenvalue weighted by Crippen LogP contribution is 2.30. The van der Waals surface area contributed by atoms with Gasteiger partial charge in [-0.15, -0.1) is 0 Å². The quantitative estimate of drug-likeness (QED) is 0.744. The van der Waals surface area contributed by atoms with Crippen LogP contribution in [-0.2, 0) is 0 Å². The summed E-state index contributed by atoms with van der Waals surface area (Å²) in [5.41, 5.74) is 1.34. The van der Waals surface area contributed by atoms with Gasteiger partial charge in [-0.25, -0.2) is 0 Å². The Morgan fingerprint density at radius 1 is 1.25 bits per heavy atom. The topological polar surface area (TPSA) is 3.24 Å². The first-order valence-electron chi connectivity index (χ1n) is 5.69. The van der Waals surface area contributed by atoms with E-state index in [4.69, 9.17) is 12.2 Å². The zero-order valence-electron chi connectivity index (χ0n) is 10.1. The van der Waals surface area contributed by atoms with E-state index in [9.17, 15) is 0 Å². The standard InChI is InChI=1S/C13H19NS2/c1-4-14(5-2)13(15)16-11(3)12-9-7-6-8-10-12/h6-11H,4-5H2,1-3H3/t11-/m1/s1. The van der Waals surface area contributed by atoms with Gasteiger partial charge >= 0.3 is 0 Å². The van der Waals surface area contributed by atoms with Gasteiger partial charge in [-0.05, 0) is 26.3 Å². The van der Waals surface area contributed by atoms with Gasteiger partial charge in [0.1, 0.15) is 4.32 Å². The van der Waals surface area contributed by atoms with E-state index in [-0.39, 0.29) is 0 Å². The summed E-state index contributed by atoms with van der Waals surface area (Å²) in [5.74, 6) is 0. The normalized spacial score (nSPS) is 12.2.